The van der Waals surface area contributed by atoms with Crippen molar-refractivity contribution in [3.8, 4) is 0 Å². The van der Waals surface area contributed by atoms with Crippen molar-refractivity contribution in [3.63, 3.8) is 0 Å². The number of amides is 2. The zero-order valence-corrected chi connectivity index (χ0v) is 16.4. The topological polar surface area (TPSA) is 62.6 Å². The number of carbonyl (C=O) groups is 2. The van der Waals surface area contributed by atoms with Gasteiger partial charge in [-0.25, -0.2) is 0 Å². The normalized spacial score (nSPS) is 12.9. The van der Waals surface area contributed by atoms with Crippen molar-refractivity contribution < 1.29 is 14.5 Å². The number of quaternary nitrogens is 1. The minimum Gasteiger partial charge on any atom is -0.355 e. The van der Waals surface area contributed by atoms with Gasteiger partial charge in [0.2, 0.25) is 0 Å². The molecular weight excluding hydrogens is 338 g/mol. The lowest BCUT2D eigenvalue weighted by molar-refractivity contribution is -0.885. The van der Waals surface area contributed by atoms with Crippen LogP contribution < -0.4 is 15.5 Å². The lowest BCUT2D eigenvalue weighted by Crippen LogP contribution is -3.08. The van der Waals surface area contributed by atoms with E-state index in [0.29, 0.717) is 24.6 Å². The van der Waals surface area contributed by atoms with Crippen LogP contribution in [-0.2, 0) is 11.3 Å². The van der Waals surface area contributed by atoms with Crippen LogP contribution >= 0.6 is 0 Å². The first-order valence-electron chi connectivity index (χ1n) is 9.47. The van der Waals surface area contributed by atoms with Crippen LogP contribution in [-0.4, -0.2) is 39.0 Å². The van der Waals surface area contributed by atoms with Gasteiger partial charge in [-0.3, -0.25) is 9.59 Å². The Morgan fingerprint density at radius 1 is 1.04 bits per heavy atom. The molecule has 0 aliphatic rings. The third-order valence-corrected chi connectivity index (χ3v) is 4.72. The maximum atomic E-state index is 12.3. The van der Waals surface area contributed by atoms with Crippen LogP contribution in [0.5, 0.6) is 0 Å². The highest BCUT2D eigenvalue weighted by molar-refractivity contribution is 5.93. The molecule has 0 fully saturated rings. The number of hydrogen-bond donors (Lipinski definition) is 3. The molecule has 0 spiro atoms. The van der Waals surface area contributed by atoms with E-state index in [1.54, 1.807) is 7.05 Å². The van der Waals surface area contributed by atoms with Crippen molar-refractivity contribution >= 4 is 11.8 Å². The van der Waals surface area contributed by atoms with E-state index in [9.17, 15) is 9.59 Å². The van der Waals surface area contributed by atoms with Gasteiger partial charge in [-0.2, -0.15) is 0 Å². The fourth-order valence-corrected chi connectivity index (χ4v) is 3.13. The third kappa shape index (κ3) is 6.53. The molecule has 5 nitrogen and oxygen atoms in total. The van der Waals surface area contributed by atoms with Gasteiger partial charge >= 0.3 is 0 Å². The van der Waals surface area contributed by atoms with Crippen molar-refractivity contribution in [2.24, 2.45) is 0 Å². The molecule has 0 radical (unpaired) electrons. The molecule has 0 aliphatic carbocycles. The Morgan fingerprint density at radius 3 is 2.30 bits per heavy atom. The van der Waals surface area contributed by atoms with Gasteiger partial charge in [0.25, 0.3) is 11.8 Å². The standard InChI is InChI=1S/C22H29N3O2/c1-4-18(19-8-6-5-7-9-19)14-24-21(26)16-25(3)15-17-10-12-20(13-11-17)22(27)23-2/h5-13,18H,4,14-16H2,1-3H3,(H,23,27)(H,24,26)/p+1/t18-/m1/s1. The molecule has 0 saturated heterocycles. The Morgan fingerprint density at radius 2 is 1.70 bits per heavy atom. The summed E-state index contributed by atoms with van der Waals surface area (Å²) in [4.78, 5) is 25.0. The van der Waals surface area contributed by atoms with Crippen molar-refractivity contribution in [1.82, 2.24) is 10.6 Å². The van der Waals surface area contributed by atoms with E-state index in [2.05, 4.69) is 29.7 Å². The predicted molar refractivity (Wildman–Crippen MR) is 108 cm³/mol. The summed E-state index contributed by atoms with van der Waals surface area (Å²) >= 11 is 0. The molecule has 0 saturated carbocycles. The monoisotopic (exact) mass is 368 g/mol. The summed E-state index contributed by atoms with van der Waals surface area (Å²) in [5.74, 6) is 0.307. The van der Waals surface area contributed by atoms with Crippen molar-refractivity contribution in [1.29, 1.82) is 0 Å². The van der Waals surface area contributed by atoms with Crippen LogP contribution in [0.15, 0.2) is 54.6 Å². The molecule has 2 aromatic carbocycles. The molecule has 2 aromatic rings. The second kappa shape index (κ2) is 10.5. The van der Waals surface area contributed by atoms with Crippen molar-refractivity contribution in [3.05, 3.63) is 71.3 Å². The van der Waals surface area contributed by atoms with Gasteiger partial charge in [0.1, 0.15) is 6.54 Å². The first kappa shape index (κ1) is 20.6. The van der Waals surface area contributed by atoms with Crippen LogP contribution in [0.25, 0.3) is 0 Å². The second-order valence-electron chi connectivity index (χ2n) is 6.91. The number of likely N-dealkylation sites (N-methyl/N-ethyl adjacent to an activating group) is 1. The van der Waals surface area contributed by atoms with E-state index in [1.165, 1.54) is 5.56 Å². The van der Waals surface area contributed by atoms with E-state index in [0.717, 1.165) is 23.4 Å². The first-order valence-corrected chi connectivity index (χ1v) is 9.47. The summed E-state index contributed by atoms with van der Waals surface area (Å²) in [6.45, 7) is 3.96. The zero-order chi connectivity index (χ0) is 19.6. The van der Waals surface area contributed by atoms with Crippen LogP contribution in [0.4, 0.5) is 0 Å². The molecule has 1 unspecified atom stereocenters. The van der Waals surface area contributed by atoms with Crippen LogP contribution in [0.2, 0.25) is 0 Å². The highest BCUT2D eigenvalue weighted by Gasteiger charge is 2.14. The maximum Gasteiger partial charge on any atom is 0.275 e. The van der Waals surface area contributed by atoms with E-state index < -0.39 is 0 Å². The Labute approximate surface area is 161 Å². The van der Waals surface area contributed by atoms with Gasteiger partial charge < -0.3 is 15.5 Å². The Balaban J connectivity index is 1.80. The molecule has 0 heterocycles. The number of nitrogens with one attached hydrogen (secondary N) is 3. The number of carbonyl (C=O) groups excluding carboxylic acids is 2. The van der Waals surface area contributed by atoms with Crippen LogP contribution in [0, 0.1) is 0 Å². The van der Waals surface area contributed by atoms with Gasteiger partial charge in [0.05, 0.1) is 7.05 Å². The Hall–Kier alpha value is -2.66. The molecule has 5 heteroatoms. The quantitative estimate of drug-likeness (QED) is 0.626. The first-order chi connectivity index (χ1) is 13.0. The lowest BCUT2D eigenvalue weighted by Gasteiger charge is -2.18. The third-order valence-electron chi connectivity index (χ3n) is 4.72. The molecule has 0 aromatic heterocycles. The molecule has 0 bridgehead atoms. The summed E-state index contributed by atoms with van der Waals surface area (Å²) in [7, 11) is 3.62. The average Bonchev–Trinajstić information content (AvgIpc) is 2.69. The maximum absolute atomic E-state index is 12.3. The largest absolute Gasteiger partial charge is 0.355 e. The lowest BCUT2D eigenvalue weighted by atomic mass is 9.96. The van der Waals surface area contributed by atoms with Crippen molar-refractivity contribution in [2.75, 3.05) is 27.2 Å². The fraction of sp³-hybridized carbons (Fsp3) is 0.364. The average molecular weight is 369 g/mol. The van der Waals surface area contributed by atoms with Gasteiger partial charge in [-0.1, -0.05) is 49.4 Å². The molecule has 2 rings (SSSR count). The number of benzene rings is 2. The smallest absolute Gasteiger partial charge is 0.275 e. The number of hydrogen-bond acceptors (Lipinski definition) is 2. The molecule has 2 amide bonds. The molecule has 3 N–H and O–H groups in total. The second-order valence-corrected chi connectivity index (χ2v) is 6.91. The van der Waals surface area contributed by atoms with Gasteiger partial charge in [0, 0.05) is 30.6 Å². The SMILES string of the molecule is CC[C@H](CNC(=O)C[NH+](C)Cc1ccc(C(=O)NC)cc1)c1ccccc1. The van der Waals surface area contributed by atoms with Gasteiger partial charge in [-0.05, 0) is 24.1 Å². The fourth-order valence-electron chi connectivity index (χ4n) is 3.13. The summed E-state index contributed by atoms with van der Waals surface area (Å²) in [6.07, 6.45) is 0.991. The highest BCUT2D eigenvalue weighted by Crippen LogP contribution is 2.17. The van der Waals surface area contributed by atoms with Crippen LogP contribution in [0.1, 0.15) is 40.7 Å². The molecule has 144 valence electrons. The Bertz CT molecular complexity index is 729. The summed E-state index contributed by atoms with van der Waals surface area (Å²) in [5.41, 5.74) is 3.00. The molecular formula is C22H30N3O2+. The number of rotatable bonds is 9. The van der Waals surface area contributed by atoms with E-state index >= 15 is 0 Å². The van der Waals surface area contributed by atoms with Gasteiger partial charge in [0.15, 0.2) is 6.54 Å². The predicted octanol–water partition coefficient (Wildman–Crippen LogP) is 1.37. The van der Waals surface area contributed by atoms with E-state index in [1.807, 2.05) is 49.5 Å². The minimum absolute atomic E-state index is 0.0591. The van der Waals surface area contributed by atoms with Crippen LogP contribution in [0.3, 0.4) is 0 Å². The zero-order valence-electron chi connectivity index (χ0n) is 16.4. The van der Waals surface area contributed by atoms with Gasteiger partial charge in [-0.15, -0.1) is 0 Å². The minimum atomic E-state index is -0.0921. The summed E-state index contributed by atoms with van der Waals surface area (Å²) < 4.78 is 0. The summed E-state index contributed by atoms with van der Waals surface area (Å²) in [6, 6.07) is 17.8. The molecule has 27 heavy (non-hydrogen) atoms. The highest BCUT2D eigenvalue weighted by atomic mass is 16.2. The van der Waals surface area contributed by atoms with E-state index in [-0.39, 0.29) is 11.8 Å². The van der Waals surface area contributed by atoms with E-state index in [4.69, 9.17) is 0 Å². The summed E-state index contributed by atoms with van der Waals surface area (Å²) in [5, 5.41) is 5.68. The molecule has 2 atom stereocenters. The molecule has 0 aliphatic heterocycles. The van der Waals surface area contributed by atoms with Crippen molar-refractivity contribution in [2.45, 2.75) is 25.8 Å². The Kier molecular flexibility index (Phi) is 8.01.